The molecule has 2 aliphatic rings. The van der Waals surface area contributed by atoms with Crippen molar-refractivity contribution >= 4 is 45.7 Å². The number of piperidine rings is 1. The van der Waals surface area contributed by atoms with Gasteiger partial charge in [-0.3, -0.25) is 9.58 Å². The first-order valence-electron chi connectivity index (χ1n) is 10.4. The van der Waals surface area contributed by atoms with Gasteiger partial charge in [-0.05, 0) is 37.1 Å². The lowest BCUT2D eigenvalue weighted by Crippen LogP contribution is -2.46. The highest BCUT2D eigenvalue weighted by Gasteiger charge is 2.35. The van der Waals surface area contributed by atoms with Crippen LogP contribution in [-0.4, -0.2) is 63.2 Å². The van der Waals surface area contributed by atoms with E-state index in [1.54, 1.807) is 24.1 Å². The van der Waals surface area contributed by atoms with E-state index in [1.165, 1.54) is 0 Å². The van der Waals surface area contributed by atoms with E-state index in [-0.39, 0.29) is 5.92 Å². The van der Waals surface area contributed by atoms with Crippen molar-refractivity contribution in [3.05, 3.63) is 40.3 Å². The molecule has 2 fully saturated rings. The number of ether oxygens (including phenoxy) is 1. The Balaban J connectivity index is 1.39. The highest BCUT2D eigenvalue weighted by molar-refractivity contribution is 6.32. The Hall–Kier alpha value is -2.00. The second-order valence-corrected chi connectivity index (χ2v) is 8.91. The monoisotopic (exact) mass is 464 g/mol. The van der Waals surface area contributed by atoms with Crippen molar-refractivity contribution in [3.63, 3.8) is 0 Å². The molecule has 7 nitrogen and oxygen atoms in total. The molecule has 164 valence electrons. The number of aryl methyl sites for hydroxylation is 1. The van der Waals surface area contributed by atoms with Crippen LogP contribution in [0.15, 0.2) is 24.5 Å². The average Bonchev–Trinajstić information content (AvgIpc) is 3.40. The van der Waals surface area contributed by atoms with E-state index in [1.807, 2.05) is 12.1 Å². The number of aromatic nitrogens is 4. The van der Waals surface area contributed by atoms with Gasteiger partial charge in [0.15, 0.2) is 0 Å². The van der Waals surface area contributed by atoms with Gasteiger partial charge in [0.25, 0.3) is 0 Å². The van der Waals surface area contributed by atoms with E-state index in [0.29, 0.717) is 52.9 Å². The standard InChI is InChI=1S/C21H23Cl2FN6O/c1-29-20(23)19(9-26-29)28-21-25-8-12-6-16(22)15(7-18(12)27-21)14-2-4-30(10-17(14)24)13-3-5-31-11-13/h6-9,13-14,17H,2-5,10-11H2,1H3,(H,25,27,28). The Morgan fingerprint density at radius 2 is 2.10 bits per heavy atom. The van der Waals surface area contributed by atoms with Crippen LogP contribution in [0.25, 0.3) is 10.9 Å². The van der Waals surface area contributed by atoms with Gasteiger partial charge in [0.2, 0.25) is 5.95 Å². The summed E-state index contributed by atoms with van der Waals surface area (Å²) in [7, 11) is 1.75. The van der Waals surface area contributed by atoms with Crippen LogP contribution in [-0.2, 0) is 11.8 Å². The lowest BCUT2D eigenvalue weighted by molar-refractivity contribution is 0.0729. The summed E-state index contributed by atoms with van der Waals surface area (Å²) in [5.74, 6) is 0.137. The molecule has 0 spiro atoms. The number of hydrogen-bond donors (Lipinski definition) is 1. The second kappa shape index (κ2) is 8.50. The third-order valence-corrected chi connectivity index (χ3v) is 6.98. The zero-order valence-electron chi connectivity index (χ0n) is 17.1. The smallest absolute Gasteiger partial charge is 0.227 e. The van der Waals surface area contributed by atoms with Crippen molar-refractivity contribution in [2.24, 2.45) is 7.05 Å². The maximum atomic E-state index is 15.2. The van der Waals surface area contributed by atoms with Crippen LogP contribution >= 0.6 is 23.2 Å². The molecule has 0 radical (unpaired) electrons. The minimum atomic E-state index is -0.988. The Kier molecular flexibility index (Phi) is 5.73. The number of halogens is 3. The number of alkyl halides is 1. The molecule has 0 saturated carbocycles. The fourth-order valence-corrected chi connectivity index (χ4v) is 4.91. The van der Waals surface area contributed by atoms with E-state index in [4.69, 9.17) is 27.9 Å². The van der Waals surface area contributed by atoms with E-state index < -0.39 is 6.17 Å². The molecule has 5 rings (SSSR count). The lowest BCUT2D eigenvalue weighted by atomic mass is 9.86. The number of fused-ring (bicyclic) bond motifs is 1. The molecule has 31 heavy (non-hydrogen) atoms. The molecule has 3 aromatic rings. The molecule has 10 heteroatoms. The first-order chi connectivity index (χ1) is 15.0. The van der Waals surface area contributed by atoms with Gasteiger partial charge < -0.3 is 10.1 Å². The number of nitrogens with zero attached hydrogens (tertiary/aromatic N) is 5. The number of hydrogen-bond acceptors (Lipinski definition) is 6. The Morgan fingerprint density at radius 1 is 1.23 bits per heavy atom. The van der Waals surface area contributed by atoms with E-state index in [0.717, 1.165) is 30.5 Å². The van der Waals surface area contributed by atoms with Crippen LogP contribution in [0.2, 0.25) is 10.2 Å². The van der Waals surface area contributed by atoms with Gasteiger partial charge >= 0.3 is 0 Å². The summed E-state index contributed by atoms with van der Waals surface area (Å²) in [6, 6.07) is 4.03. The molecule has 0 bridgehead atoms. The van der Waals surface area contributed by atoms with Crippen LogP contribution in [0.3, 0.4) is 0 Å². The van der Waals surface area contributed by atoms with Crippen molar-refractivity contribution < 1.29 is 9.13 Å². The quantitative estimate of drug-likeness (QED) is 0.619. The largest absolute Gasteiger partial charge is 0.380 e. The third kappa shape index (κ3) is 4.09. The fraction of sp³-hybridized carbons (Fsp3) is 0.476. The minimum Gasteiger partial charge on any atom is -0.380 e. The zero-order valence-corrected chi connectivity index (χ0v) is 18.6. The zero-order chi connectivity index (χ0) is 21.5. The van der Waals surface area contributed by atoms with Gasteiger partial charge in [0.05, 0.1) is 24.0 Å². The summed E-state index contributed by atoms with van der Waals surface area (Å²) < 4.78 is 22.2. The molecule has 0 amide bonds. The second-order valence-electron chi connectivity index (χ2n) is 8.15. The van der Waals surface area contributed by atoms with Crippen LogP contribution in [0, 0.1) is 0 Å². The number of rotatable bonds is 4. The van der Waals surface area contributed by atoms with Crippen molar-refractivity contribution in [3.8, 4) is 0 Å². The number of benzene rings is 1. The fourth-order valence-electron chi connectivity index (χ4n) is 4.46. The van der Waals surface area contributed by atoms with Gasteiger partial charge in [-0.25, -0.2) is 14.4 Å². The van der Waals surface area contributed by atoms with Crippen LogP contribution in [0.5, 0.6) is 0 Å². The molecule has 4 heterocycles. The highest BCUT2D eigenvalue weighted by Crippen LogP contribution is 2.37. The Morgan fingerprint density at radius 3 is 2.81 bits per heavy atom. The summed E-state index contributed by atoms with van der Waals surface area (Å²) in [5.41, 5.74) is 2.12. The first-order valence-corrected chi connectivity index (χ1v) is 11.1. The highest BCUT2D eigenvalue weighted by atomic mass is 35.5. The lowest BCUT2D eigenvalue weighted by Gasteiger charge is -2.38. The SMILES string of the molecule is Cn1ncc(Nc2ncc3cc(Cl)c(C4CCN(C5CCOC5)CC4F)cc3n2)c1Cl. The third-order valence-electron chi connectivity index (χ3n) is 6.21. The molecule has 1 aromatic carbocycles. The van der Waals surface area contributed by atoms with E-state index in [2.05, 4.69) is 25.3 Å². The maximum Gasteiger partial charge on any atom is 0.227 e. The molecule has 1 N–H and O–H groups in total. The minimum absolute atomic E-state index is 0.255. The predicted molar refractivity (Wildman–Crippen MR) is 119 cm³/mol. The van der Waals surface area contributed by atoms with Gasteiger partial charge in [0.1, 0.15) is 11.3 Å². The average molecular weight is 465 g/mol. The van der Waals surface area contributed by atoms with Crippen molar-refractivity contribution in [1.82, 2.24) is 24.6 Å². The molecule has 2 aromatic heterocycles. The molecule has 2 aliphatic heterocycles. The van der Waals surface area contributed by atoms with Gasteiger partial charge in [0, 0.05) is 48.8 Å². The van der Waals surface area contributed by atoms with Crippen molar-refractivity contribution in [2.45, 2.75) is 31.0 Å². The molecule has 2 saturated heterocycles. The van der Waals surface area contributed by atoms with E-state index >= 15 is 4.39 Å². The first kappa shape index (κ1) is 20.9. The number of nitrogens with one attached hydrogen (secondary N) is 1. The van der Waals surface area contributed by atoms with Crippen LogP contribution in [0.4, 0.5) is 16.0 Å². The van der Waals surface area contributed by atoms with Crippen molar-refractivity contribution in [1.29, 1.82) is 0 Å². The Labute approximate surface area is 189 Å². The summed E-state index contributed by atoms with van der Waals surface area (Å²) >= 11 is 12.8. The van der Waals surface area contributed by atoms with Gasteiger partial charge in [-0.2, -0.15) is 5.10 Å². The normalized spacial score (nSPS) is 24.7. The number of likely N-dealkylation sites (tertiary alicyclic amines) is 1. The molecule has 3 atom stereocenters. The molecule has 3 unspecified atom stereocenters. The molecule has 0 aliphatic carbocycles. The molecular formula is C21H23Cl2FN6O. The summed E-state index contributed by atoms with van der Waals surface area (Å²) in [5, 5.41) is 8.99. The summed E-state index contributed by atoms with van der Waals surface area (Å²) in [6.45, 7) is 2.70. The summed E-state index contributed by atoms with van der Waals surface area (Å²) in [6.07, 6.45) is 4.00. The van der Waals surface area contributed by atoms with Gasteiger partial charge in [-0.15, -0.1) is 0 Å². The Bertz CT molecular complexity index is 1100. The number of anilines is 2. The van der Waals surface area contributed by atoms with Crippen molar-refractivity contribution in [2.75, 3.05) is 31.6 Å². The topological polar surface area (TPSA) is 68.1 Å². The van der Waals surface area contributed by atoms with Gasteiger partial charge in [-0.1, -0.05) is 23.2 Å². The molecular weight excluding hydrogens is 442 g/mol. The van der Waals surface area contributed by atoms with Crippen LogP contribution in [0.1, 0.15) is 24.3 Å². The maximum absolute atomic E-state index is 15.2. The summed E-state index contributed by atoms with van der Waals surface area (Å²) in [4.78, 5) is 11.1. The van der Waals surface area contributed by atoms with Crippen LogP contribution < -0.4 is 5.32 Å². The van der Waals surface area contributed by atoms with E-state index in [9.17, 15) is 0 Å². The predicted octanol–water partition coefficient (Wildman–Crippen LogP) is 4.33.